The zero-order chi connectivity index (χ0) is 18.0. The molecule has 0 spiro atoms. The van der Waals surface area contributed by atoms with Gasteiger partial charge in [0.05, 0.1) is 12.5 Å². The van der Waals surface area contributed by atoms with Crippen LogP contribution in [0.5, 0.6) is 0 Å². The van der Waals surface area contributed by atoms with Gasteiger partial charge in [-0.1, -0.05) is 11.7 Å². The SMILES string of the molecule is C=CC(=O)N1CCCC(C(=O)NCc2noc3c2CC(F)(F)CC3)C1. The summed E-state index contributed by atoms with van der Waals surface area (Å²) < 4.78 is 32.3. The van der Waals surface area contributed by atoms with Crippen molar-refractivity contribution in [3.05, 3.63) is 29.7 Å². The second kappa shape index (κ2) is 6.93. The van der Waals surface area contributed by atoms with Crippen molar-refractivity contribution >= 4 is 11.8 Å². The first kappa shape index (κ1) is 17.6. The summed E-state index contributed by atoms with van der Waals surface area (Å²) in [5.74, 6) is -2.99. The van der Waals surface area contributed by atoms with Gasteiger partial charge in [-0.2, -0.15) is 0 Å². The highest BCUT2D eigenvalue weighted by molar-refractivity contribution is 5.88. The standard InChI is InChI=1S/C17H21F2N3O3/c1-2-15(23)22-7-3-4-11(10-22)16(24)20-9-13-12-8-17(18,19)6-5-14(12)25-21-13/h2,11H,1,3-10H2,(H,20,24). The van der Waals surface area contributed by atoms with Gasteiger partial charge in [0, 0.05) is 37.9 Å². The Morgan fingerprint density at radius 3 is 3.04 bits per heavy atom. The van der Waals surface area contributed by atoms with Gasteiger partial charge in [0.1, 0.15) is 11.5 Å². The fourth-order valence-electron chi connectivity index (χ4n) is 3.40. The lowest BCUT2D eigenvalue weighted by Crippen LogP contribution is -2.44. The van der Waals surface area contributed by atoms with Crippen LogP contribution >= 0.6 is 0 Å². The molecule has 0 bridgehead atoms. The molecule has 2 amide bonds. The van der Waals surface area contributed by atoms with Crippen LogP contribution in [0.1, 0.15) is 36.3 Å². The molecular formula is C17H21F2N3O3. The summed E-state index contributed by atoms with van der Waals surface area (Å²) in [5.41, 5.74) is 0.765. The van der Waals surface area contributed by atoms with Gasteiger partial charge in [0.2, 0.25) is 11.8 Å². The Balaban J connectivity index is 1.59. The van der Waals surface area contributed by atoms with E-state index in [1.54, 1.807) is 4.90 Å². The van der Waals surface area contributed by atoms with E-state index in [9.17, 15) is 18.4 Å². The molecule has 2 heterocycles. The van der Waals surface area contributed by atoms with Crippen LogP contribution in [0.3, 0.4) is 0 Å². The van der Waals surface area contributed by atoms with Gasteiger partial charge in [-0.3, -0.25) is 9.59 Å². The molecule has 8 heteroatoms. The van der Waals surface area contributed by atoms with Crippen LogP contribution < -0.4 is 5.32 Å². The number of piperidine rings is 1. The quantitative estimate of drug-likeness (QED) is 0.838. The van der Waals surface area contributed by atoms with Gasteiger partial charge in [-0.15, -0.1) is 0 Å². The lowest BCUT2D eigenvalue weighted by molar-refractivity contribution is -0.132. The van der Waals surface area contributed by atoms with E-state index < -0.39 is 12.3 Å². The number of nitrogens with one attached hydrogen (secondary N) is 1. The molecule has 0 aromatic carbocycles. The summed E-state index contributed by atoms with van der Waals surface area (Å²) >= 11 is 0. The number of aryl methyl sites for hydroxylation is 1. The number of nitrogens with zero attached hydrogens (tertiary/aromatic N) is 2. The summed E-state index contributed by atoms with van der Waals surface area (Å²) in [6, 6.07) is 0. The highest BCUT2D eigenvalue weighted by Gasteiger charge is 2.38. The van der Waals surface area contributed by atoms with Crippen molar-refractivity contribution in [2.24, 2.45) is 5.92 Å². The molecule has 6 nitrogen and oxygen atoms in total. The molecule has 1 aromatic rings. The number of amides is 2. The lowest BCUT2D eigenvalue weighted by Gasteiger charge is -2.31. The van der Waals surface area contributed by atoms with Crippen LogP contribution in [-0.4, -0.2) is 40.9 Å². The Morgan fingerprint density at radius 1 is 1.48 bits per heavy atom. The number of hydrogen-bond acceptors (Lipinski definition) is 4. The summed E-state index contributed by atoms with van der Waals surface area (Å²) in [6.45, 7) is 4.46. The molecule has 1 aromatic heterocycles. The first-order valence-corrected chi connectivity index (χ1v) is 8.43. The topological polar surface area (TPSA) is 75.4 Å². The Hall–Kier alpha value is -2.25. The first-order chi connectivity index (χ1) is 11.9. The fraction of sp³-hybridized carbons (Fsp3) is 0.588. The number of hydrogen-bond donors (Lipinski definition) is 1. The molecular weight excluding hydrogens is 332 g/mol. The average Bonchev–Trinajstić information content (AvgIpc) is 2.99. The van der Waals surface area contributed by atoms with Gasteiger partial charge >= 0.3 is 0 Å². The van der Waals surface area contributed by atoms with E-state index >= 15 is 0 Å². The highest BCUT2D eigenvalue weighted by Crippen LogP contribution is 2.34. The van der Waals surface area contributed by atoms with Crippen LogP contribution in [0.2, 0.25) is 0 Å². The maximum absolute atomic E-state index is 13.6. The number of halogens is 2. The van der Waals surface area contributed by atoms with Gasteiger partial charge in [0.25, 0.3) is 5.92 Å². The molecule has 0 saturated carbocycles. The molecule has 1 aliphatic heterocycles. The maximum atomic E-state index is 13.6. The third-order valence-electron chi connectivity index (χ3n) is 4.81. The zero-order valence-corrected chi connectivity index (χ0v) is 13.9. The second-order valence-corrected chi connectivity index (χ2v) is 6.61. The third kappa shape index (κ3) is 3.88. The van der Waals surface area contributed by atoms with Crippen molar-refractivity contribution in [2.45, 2.75) is 44.6 Å². The summed E-state index contributed by atoms with van der Waals surface area (Å²) in [6.07, 6.45) is 2.18. The molecule has 1 atom stereocenters. The molecule has 3 rings (SSSR count). The summed E-state index contributed by atoms with van der Waals surface area (Å²) in [5, 5.41) is 6.58. The van der Waals surface area contributed by atoms with Gasteiger partial charge in [-0.25, -0.2) is 8.78 Å². The van der Waals surface area contributed by atoms with Crippen LogP contribution in [0, 0.1) is 5.92 Å². The molecule has 1 saturated heterocycles. The molecule has 1 unspecified atom stereocenters. The largest absolute Gasteiger partial charge is 0.361 e. The van der Waals surface area contributed by atoms with E-state index in [1.807, 2.05) is 0 Å². The second-order valence-electron chi connectivity index (χ2n) is 6.61. The van der Waals surface area contributed by atoms with Crippen molar-refractivity contribution in [3.8, 4) is 0 Å². The minimum Gasteiger partial charge on any atom is -0.361 e. The predicted octanol–water partition coefficient (Wildman–Crippen LogP) is 1.84. The Labute approximate surface area is 144 Å². The number of fused-ring (bicyclic) bond motifs is 1. The van der Waals surface area contributed by atoms with E-state index in [1.165, 1.54) is 6.08 Å². The van der Waals surface area contributed by atoms with Crippen molar-refractivity contribution in [3.63, 3.8) is 0 Å². The Morgan fingerprint density at radius 2 is 2.28 bits per heavy atom. The van der Waals surface area contributed by atoms with Gasteiger partial charge < -0.3 is 14.7 Å². The van der Waals surface area contributed by atoms with E-state index in [4.69, 9.17) is 4.52 Å². The number of alkyl halides is 2. The monoisotopic (exact) mass is 353 g/mol. The van der Waals surface area contributed by atoms with Gasteiger partial charge in [-0.05, 0) is 18.9 Å². The summed E-state index contributed by atoms with van der Waals surface area (Å²) in [4.78, 5) is 25.6. The van der Waals surface area contributed by atoms with Crippen LogP contribution in [0.15, 0.2) is 17.2 Å². The Kier molecular flexibility index (Phi) is 4.87. The Bertz CT molecular complexity index is 687. The van der Waals surface area contributed by atoms with Crippen molar-refractivity contribution in [1.29, 1.82) is 0 Å². The van der Waals surface area contributed by atoms with Crippen LogP contribution in [-0.2, 0) is 29.0 Å². The molecule has 2 aliphatic rings. The van der Waals surface area contributed by atoms with E-state index in [0.717, 1.165) is 6.42 Å². The minimum absolute atomic E-state index is 0.0552. The average molecular weight is 353 g/mol. The van der Waals surface area contributed by atoms with E-state index in [2.05, 4.69) is 17.1 Å². The summed E-state index contributed by atoms with van der Waals surface area (Å²) in [7, 11) is 0. The van der Waals surface area contributed by atoms with E-state index in [-0.39, 0.29) is 37.1 Å². The first-order valence-electron chi connectivity index (χ1n) is 8.43. The number of rotatable bonds is 4. The van der Waals surface area contributed by atoms with Crippen molar-refractivity contribution < 1.29 is 22.9 Å². The van der Waals surface area contributed by atoms with E-state index in [0.29, 0.717) is 36.5 Å². The molecule has 0 radical (unpaired) electrons. The number of aromatic nitrogens is 1. The predicted molar refractivity (Wildman–Crippen MR) is 84.8 cm³/mol. The molecule has 1 N–H and O–H groups in total. The molecule has 25 heavy (non-hydrogen) atoms. The normalized spacial score (nSPS) is 22.2. The minimum atomic E-state index is -2.76. The number of carbonyl (C=O) groups is 2. The lowest BCUT2D eigenvalue weighted by atomic mass is 9.93. The van der Waals surface area contributed by atoms with Crippen LogP contribution in [0.25, 0.3) is 0 Å². The fourth-order valence-corrected chi connectivity index (χ4v) is 3.40. The van der Waals surface area contributed by atoms with Crippen LogP contribution in [0.4, 0.5) is 8.78 Å². The smallest absolute Gasteiger partial charge is 0.252 e. The molecule has 136 valence electrons. The molecule has 1 aliphatic carbocycles. The highest BCUT2D eigenvalue weighted by atomic mass is 19.3. The van der Waals surface area contributed by atoms with Crippen molar-refractivity contribution in [1.82, 2.24) is 15.4 Å². The number of likely N-dealkylation sites (tertiary alicyclic amines) is 1. The third-order valence-corrected chi connectivity index (χ3v) is 4.81. The number of carbonyl (C=O) groups excluding carboxylic acids is 2. The van der Waals surface area contributed by atoms with Crippen molar-refractivity contribution in [2.75, 3.05) is 13.1 Å². The zero-order valence-electron chi connectivity index (χ0n) is 13.9. The van der Waals surface area contributed by atoms with Gasteiger partial charge in [0.15, 0.2) is 0 Å². The maximum Gasteiger partial charge on any atom is 0.252 e. The molecule has 1 fully saturated rings.